The van der Waals surface area contributed by atoms with Crippen LogP contribution in [0.15, 0.2) is 53.8 Å². The lowest BCUT2D eigenvalue weighted by Crippen LogP contribution is -2.15. The van der Waals surface area contributed by atoms with Gasteiger partial charge in [-0.3, -0.25) is 4.79 Å². The van der Waals surface area contributed by atoms with Crippen molar-refractivity contribution in [2.24, 2.45) is 0 Å². The summed E-state index contributed by atoms with van der Waals surface area (Å²) >= 11 is 1.42. The van der Waals surface area contributed by atoms with Crippen LogP contribution >= 0.6 is 11.8 Å². The molecule has 0 bridgehead atoms. The lowest BCUT2D eigenvalue weighted by molar-refractivity contribution is -0.113. The summed E-state index contributed by atoms with van der Waals surface area (Å²) < 4.78 is 0. The zero-order chi connectivity index (χ0) is 16.2. The fourth-order valence-corrected chi connectivity index (χ4v) is 3.08. The van der Waals surface area contributed by atoms with Crippen LogP contribution in [0.25, 0.3) is 10.9 Å². The summed E-state index contributed by atoms with van der Waals surface area (Å²) in [5, 5.41) is 4.76. The number of fused-ring (bicyclic) bond motifs is 1. The molecule has 0 aliphatic rings. The van der Waals surface area contributed by atoms with Gasteiger partial charge in [0.1, 0.15) is 11.4 Å². The molecule has 3 rings (SSSR count). The van der Waals surface area contributed by atoms with Gasteiger partial charge in [-0.05, 0) is 37.1 Å². The molecule has 2 aromatic carbocycles. The number of aryl methyl sites for hydroxylation is 2. The first-order valence-electron chi connectivity index (χ1n) is 7.33. The molecule has 3 aromatic rings. The molecule has 1 amide bonds. The summed E-state index contributed by atoms with van der Waals surface area (Å²) in [6.07, 6.45) is 1.53. The Morgan fingerprint density at radius 2 is 1.96 bits per heavy atom. The Hall–Kier alpha value is -2.40. The van der Waals surface area contributed by atoms with Crippen molar-refractivity contribution in [3.8, 4) is 0 Å². The summed E-state index contributed by atoms with van der Waals surface area (Å²) in [6.45, 7) is 4.00. The van der Waals surface area contributed by atoms with Crippen molar-refractivity contribution in [3.05, 3.63) is 59.9 Å². The van der Waals surface area contributed by atoms with Crippen molar-refractivity contribution in [2.75, 3.05) is 11.1 Å². The molecule has 0 saturated heterocycles. The number of para-hydroxylation sites is 1. The number of carbonyl (C=O) groups is 1. The van der Waals surface area contributed by atoms with E-state index in [1.54, 1.807) is 0 Å². The first kappa shape index (κ1) is 15.5. The van der Waals surface area contributed by atoms with Gasteiger partial charge in [0.25, 0.3) is 0 Å². The molecule has 23 heavy (non-hydrogen) atoms. The first-order chi connectivity index (χ1) is 11.1. The highest BCUT2D eigenvalue weighted by molar-refractivity contribution is 8.00. The highest BCUT2D eigenvalue weighted by Gasteiger charge is 2.09. The van der Waals surface area contributed by atoms with E-state index < -0.39 is 0 Å². The number of aromatic nitrogens is 2. The Morgan fingerprint density at radius 1 is 1.13 bits per heavy atom. The van der Waals surface area contributed by atoms with E-state index in [1.807, 2.05) is 56.3 Å². The Labute approximate surface area is 139 Å². The molecule has 0 spiro atoms. The molecule has 0 unspecified atom stereocenters. The van der Waals surface area contributed by atoms with E-state index in [-0.39, 0.29) is 5.91 Å². The van der Waals surface area contributed by atoms with Crippen LogP contribution in [0.4, 0.5) is 5.69 Å². The van der Waals surface area contributed by atoms with Crippen LogP contribution in [0.2, 0.25) is 0 Å². The smallest absolute Gasteiger partial charge is 0.234 e. The van der Waals surface area contributed by atoms with Crippen molar-refractivity contribution >= 4 is 34.3 Å². The first-order valence-corrected chi connectivity index (χ1v) is 8.32. The zero-order valence-corrected chi connectivity index (χ0v) is 13.9. The zero-order valence-electron chi connectivity index (χ0n) is 13.0. The maximum Gasteiger partial charge on any atom is 0.234 e. The summed E-state index contributed by atoms with van der Waals surface area (Å²) in [7, 11) is 0. The van der Waals surface area contributed by atoms with Gasteiger partial charge in [-0.1, -0.05) is 42.1 Å². The highest BCUT2D eigenvalue weighted by Crippen LogP contribution is 2.24. The van der Waals surface area contributed by atoms with Gasteiger partial charge >= 0.3 is 0 Å². The summed E-state index contributed by atoms with van der Waals surface area (Å²) in [4.78, 5) is 20.7. The second kappa shape index (κ2) is 6.79. The van der Waals surface area contributed by atoms with Crippen molar-refractivity contribution < 1.29 is 4.79 Å². The quantitative estimate of drug-likeness (QED) is 0.583. The van der Waals surface area contributed by atoms with Crippen LogP contribution in [0.3, 0.4) is 0 Å². The Kier molecular flexibility index (Phi) is 4.57. The van der Waals surface area contributed by atoms with Crippen molar-refractivity contribution in [3.63, 3.8) is 0 Å². The molecule has 0 atom stereocenters. The van der Waals surface area contributed by atoms with Crippen molar-refractivity contribution in [1.82, 2.24) is 9.97 Å². The molecule has 0 aliphatic heterocycles. The Morgan fingerprint density at radius 3 is 2.83 bits per heavy atom. The fraction of sp³-hybridized carbons (Fsp3) is 0.167. The number of benzene rings is 2. The van der Waals surface area contributed by atoms with Gasteiger partial charge in [0.2, 0.25) is 5.91 Å². The van der Waals surface area contributed by atoms with Gasteiger partial charge < -0.3 is 5.32 Å². The molecule has 1 heterocycles. The number of hydrogen-bond acceptors (Lipinski definition) is 4. The maximum absolute atomic E-state index is 12.2. The van der Waals surface area contributed by atoms with Crippen LogP contribution in [0.1, 0.15) is 11.1 Å². The van der Waals surface area contributed by atoms with Crippen LogP contribution in [0.5, 0.6) is 0 Å². The second-order valence-electron chi connectivity index (χ2n) is 5.35. The fourth-order valence-electron chi connectivity index (χ4n) is 2.29. The predicted molar refractivity (Wildman–Crippen MR) is 94.8 cm³/mol. The number of amides is 1. The third-order valence-corrected chi connectivity index (χ3v) is 4.52. The minimum absolute atomic E-state index is 0.0357. The second-order valence-corrected chi connectivity index (χ2v) is 6.32. The lowest BCUT2D eigenvalue weighted by atomic mass is 10.1. The lowest BCUT2D eigenvalue weighted by Gasteiger charge is -2.09. The van der Waals surface area contributed by atoms with Gasteiger partial charge in [0.05, 0.1) is 11.3 Å². The topological polar surface area (TPSA) is 54.9 Å². The number of thioether (sulfide) groups is 1. The van der Waals surface area contributed by atoms with Gasteiger partial charge in [0, 0.05) is 11.1 Å². The molecule has 5 heteroatoms. The van der Waals surface area contributed by atoms with Gasteiger partial charge in [-0.15, -0.1) is 0 Å². The van der Waals surface area contributed by atoms with Crippen LogP contribution < -0.4 is 5.32 Å². The van der Waals surface area contributed by atoms with E-state index in [1.165, 1.54) is 18.1 Å². The minimum Gasteiger partial charge on any atom is -0.325 e. The molecule has 1 N–H and O–H groups in total. The van der Waals surface area contributed by atoms with Crippen molar-refractivity contribution in [2.45, 2.75) is 18.9 Å². The molecule has 0 fully saturated rings. The van der Waals surface area contributed by atoms with Crippen molar-refractivity contribution in [1.29, 1.82) is 0 Å². The van der Waals surface area contributed by atoms with Gasteiger partial charge in [-0.25, -0.2) is 9.97 Å². The average Bonchev–Trinajstić information content (AvgIpc) is 2.56. The summed E-state index contributed by atoms with van der Waals surface area (Å²) in [6, 6.07) is 13.8. The molecule has 116 valence electrons. The summed E-state index contributed by atoms with van der Waals surface area (Å²) in [5.41, 5.74) is 3.94. The van der Waals surface area contributed by atoms with E-state index in [4.69, 9.17) is 0 Å². The molecular formula is C18H17N3OS. The van der Waals surface area contributed by atoms with E-state index in [9.17, 15) is 4.79 Å². The number of carbonyl (C=O) groups excluding carboxylic acids is 1. The average molecular weight is 323 g/mol. The normalized spacial score (nSPS) is 10.7. The Bertz CT molecular complexity index is 859. The van der Waals surface area contributed by atoms with E-state index >= 15 is 0 Å². The highest BCUT2D eigenvalue weighted by atomic mass is 32.2. The molecule has 0 radical (unpaired) electrons. The minimum atomic E-state index is -0.0357. The maximum atomic E-state index is 12.2. The third-order valence-electron chi connectivity index (χ3n) is 3.51. The van der Waals surface area contributed by atoms with Crippen LogP contribution in [0, 0.1) is 13.8 Å². The number of hydrogen-bond donors (Lipinski definition) is 1. The number of anilines is 1. The molecule has 1 aromatic heterocycles. The van der Waals surface area contributed by atoms with E-state index in [2.05, 4.69) is 15.3 Å². The summed E-state index contributed by atoms with van der Waals surface area (Å²) in [5.74, 6) is 0.278. The van der Waals surface area contributed by atoms with Gasteiger partial charge in [-0.2, -0.15) is 0 Å². The molecule has 0 aliphatic carbocycles. The SMILES string of the molecule is Cc1ccc(C)c(NC(=O)CSc2ncnc3ccccc23)c1. The molecule has 4 nitrogen and oxygen atoms in total. The number of nitrogens with zero attached hydrogens (tertiary/aromatic N) is 2. The van der Waals surface area contributed by atoms with E-state index in [0.29, 0.717) is 5.75 Å². The third kappa shape index (κ3) is 3.68. The standard InChI is InChI=1S/C18H17N3OS/c1-12-7-8-13(2)16(9-12)21-17(22)10-23-18-14-5-3-4-6-15(14)19-11-20-18/h3-9,11H,10H2,1-2H3,(H,21,22). The largest absolute Gasteiger partial charge is 0.325 e. The Balaban J connectivity index is 1.70. The van der Waals surface area contributed by atoms with E-state index in [0.717, 1.165) is 32.7 Å². The number of nitrogens with one attached hydrogen (secondary N) is 1. The number of rotatable bonds is 4. The van der Waals surface area contributed by atoms with Gasteiger partial charge in [0.15, 0.2) is 0 Å². The predicted octanol–water partition coefficient (Wildman–Crippen LogP) is 3.98. The van der Waals surface area contributed by atoms with Crippen LogP contribution in [-0.4, -0.2) is 21.6 Å². The van der Waals surface area contributed by atoms with Crippen LogP contribution in [-0.2, 0) is 4.79 Å². The molecular weight excluding hydrogens is 306 g/mol. The monoisotopic (exact) mass is 323 g/mol. The molecule has 0 saturated carbocycles.